The van der Waals surface area contributed by atoms with Gasteiger partial charge in [0.25, 0.3) is 5.56 Å². The van der Waals surface area contributed by atoms with Crippen molar-refractivity contribution in [3.63, 3.8) is 0 Å². The summed E-state index contributed by atoms with van der Waals surface area (Å²) >= 11 is 4.90. The predicted molar refractivity (Wildman–Crippen MR) is 49.4 cm³/mol. The number of aryl methyl sites for hydroxylation is 1. The third-order valence-electron chi connectivity index (χ3n) is 1.90. The molecule has 0 saturated carbocycles. The Morgan fingerprint density at radius 2 is 2.07 bits per heavy atom. The third kappa shape index (κ3) is 1.58. The SMILES string of the molecule is Cn1c([S-])nc2c(ncn2C)c1=O.[Na+]. The molecule has 0 N–H and O–H groups in total. The molecule has 0 spiro atoms. The molecule has 0 aliphatic heterocycles. The van der Waals surface area contributed by atoms with Gasteiger partial charge in [-0.2, -0.15) is 0 Å². The quantitative estimate of drug-likeness (QED) is 0.262. The molecular formula is C7H7N4NaOS. The molecule has 0 atom stereocenters. The zero-order chi connectivity index (χ0) is 9.59. The van der Waals surface area contributed by atoms with Crippen LogP contribution >= 0.6 is 0 Å². The fourth-order valence-electron chi connectivity index (χ4n) is 1.12. The molecule has 0 unspecified atom stereocenters. The van der Waals surface area contributed by atoms with Gasteiger partial charge in [0, 0.05) is 14.1 Å². The van der Waals surface area contributed by atoms with E-state index in [1.54, 1.807) is 25.0 Å². The van der Waals surface area contributed by atoms with Crippen LogP contribution in [-0.4, -0.2) is 19.1 Å². The Kier molecular flexibility index (Phi) is 3.31. The molecule has 0 bridgehead atoms. The van der Waals surface area contributed by atoms with Crippen LogP contribution in [0.25, 0.3) is 11.2 Å². The van der Waals surface area contributed by atoms with Crippen LogP contribution in [0.3, 0.4) is 0 Å². The molecule has 5 nitrogen and oxygen atoms in total. The van der Waals surface area contributed by atoms with Crippen LogP contribution < -0.4 is 35.1 Å². The summed E-state index contributed by atoms with van der Waals surface area (Å²) in [5.74, 6) is 0. The van der Waals surface area contributed by atoms with E-state index in [9.17, 15) is 4.79 Å². The first-order valence-corrected chi connectivity index (χ1v) is 4.07. The van der Waals surface area contributed by atoms with Crippen molar-refractivity contribution in [1.29, 1.82) is 0 Å². The van der Waals surface area contributed by atoms with Gasteiger partial charge in [-0.05, 0) is 5.16 Å². The van der Waals surface area contributed by atoms with E-state index in [0.29, 0.717) is 11.2 Å². The van der Waals surface area contributed by atoms with Crippen LogP contribution in [0.4, 0.5) is 0 Å². The number of hydrogen-bond donors (Lipinski definition) is 0. The summed E-state index contributed by atoms with van der Waals surface area (Å²) in [7, 11) is 3.36. The van der Waals surface area contributed by atoms with Crippen LogP contribution in [0.15, 0.2) is 16.3 Å². The van der Waals surface area contributed by atoms with Crippen LogP contribution in [0.5, 0.6) is 0 Å². The minimum absolute atomic E-state index is 0. The molecule has 2 aromatic rings. The number of aromatic nitrogens is 4. The summed E-state index contributed by atoms with van der Waals surface area (Å²) in [5.41, 5.74) is 0.697. The molecule has 0 aliphatic rings. The first-order chi connectivity index (χ1) is 6.11. The second-order valence-electron chi connectivity index (χ2n) is 2.79. The second kappa shape index (κ2) is 3.98. The summed E-state index contributed by atoms with van der Waals surface area (Å²) < 4.78 is 2.98. The Morgan fingerprint density at radius 3 is 2.71 bits per heavy atom. The zero-order valence-corrected chi connectivity index (χ0v) is 11.0. The molecule has 0 fully saturated rings. The zero-order valence-electron chi connectivity index (χ0n) is 8.18. The normalized spacial score (nSPS) is 10.1. The Hall–Kier alpha value is -0.430. The van der Waals surface area contributed by atoms with Gasteiger partial charge in [-0.1, -0.05) is 0 Å². The van der Waals surface area contributed by atoms with E-state index in [2.05, 4.69) is 9.97 Å². The minimum Gasteiger partial charge on any atom is -0.742 e. The van der Waals surface area contributed by atoms with Gasteiger partial charge in [0.05, 0.1) is 6.33 Å². The standard InChI is InChI=1S/C7H8N4OS.Na/c1-10-3-8-4-5(10)9-7(13)11(2)6(4)12;/h3H,1-2H3,(H,9,13);/q;+1/p-1. The Bertz CT molecular complexity index is 532. The molecule has 68 valence electrons. The average Bonchev–Trinajstić information content (AvgIpc) is 2.45. The molecule has 0 saturated heterocycles. The maximum absolute atomic E-state index is 11.5. The molecule has 0 aromatic carbocycles. The predicted octanol–water partition coefficient (Wildman–Crippen LogP) is -3.42. The largest absolute Gasteiger partial charge is 1.00 e. The fraction of sp³-hybridized carbons (Fsp3) is 0.286. The summed E-state index contributed by atoms with van der Waals surface area (Å²) in [6.45, 7) is 0. The number of imidazole rings is 1. The van der Waals surface area contributed by atoms with Crippen molar-refractivity contribution in [3.05, 3.63) is 16.7 Å². The van der Waals surface area contributed by atoms with E-state index >= 15 is 0 Å². The summed E-state index contributed by atoms with van der Waals surface area (Å²) in [6.07, 6.45) is 1.55. The van der Waals surface area contributed by atoms with Crippen molar-refractivity contribution in [3.8, 4) is 0 Å². The maximum atomic E-state index is 11.5. The van der Waals surface area contributed by atoms with Crippen molar-refractivity contribution in [2.75, 3.05) is 0 Å². The van der Waals surface area contributed by atoms with Crippen molar-refractivity contribution >= 4 is 23.8 Å². The Morgan fingerprint density at radius 1 is 1.43 bits per heavy atom. The van der Waals surface area contributed by atoms with Crippen molar-refractivity contribution < 1.29 is 29.6 Å². The molecular weight excluding hydrogens is 211 g/mol. The second-order valence-corrected chi connectivity index (χ2v) is 3.15. The molecule has 0 amide bonds. The smallest absolute Gasteiger partial charge is 0.742 e. The molecule has 2 heterocycles. The van der Waals surface area contributed by atoms with Gasteiger partial charge in [-0.25, -0.2) is 9.97 Å². The van der Waals surface area contributed by atoms with Crippen LogP contribution in [0.1, 0.15) is 0 Å². The molecule has 2 aromatic heterocycles. The molecule has 7 heteroatoms. The monoisotopic (exact) mass is 218 g/mol. The van der Waals surface area contributed by atoms with E-state index in [1.165, 1.54) is 4.57 Å². The van der Waals surface area contributed by atoms with Gasteiger partial charge < -0.3 is 21.8 Å². The number of rotatable bonds is 0. The van der Waals surface area contributed by atoms with Gasteiger partial charge >= 0.3 is 29.6 Å². The van der Waals surface area contributed by atoms with Crippen LogP contribution in [0, 0.1) is 0 Å². The van der Waals surface area contributed by atoms with Gasteiger partial charge in [0.15, 0.2) is 11.2 Å². The number of nitrogens with zero attached hydrogens (tertiary/aromatic N) is 4. The van der Waals surface area contributed by atoms with Gasteiger partial charge in [-0.15, -0.1) is 0 Å². The maximum Gasteiger partial charge on any atom is 1.00 e. The van der Waals surface area contributed by atoms with E-state index in [1.807, 2.05) is 0 Å². The van der Waals surface area contributed by atoms with Crippen LogP contribution in [-0.2, 0) is 26.7 Å². The Balaban J connectivity index is 0.000000980. The van der Waals surface area contributed by atoms with Crippen molar-refractivity contribution in [2.24, 2.45) is 14.1 Å². The molecule has 0 aliphatic carbocycles. The Labute approximate surface area is 108 Å². The van der Waals surface area contributed by atoms with E-state index in [-0.39, 0.29) is 40.3 Å². The van der Waals surface area contributed by atoms with E-state index in [0.717, 1.165) is 0 Å². The van der Waals surface area contributed by atoms with E-state index < -0.39 is 0 Å². The fourth-order valence-corrected chi connectivity index (χ4v) is 1.29. The van der Waals surface area contributed by atoms with E-state index in [4.69, 9.17) is 12.6 Å². The molecule has 2 rings (SSSR count). The van der Waals surface area contributed by atoms with Crippen LogP contribution in [0.2, 0.25) is 0 Å². The first-order valence-electron chi connectivity index (χ1n) is 3.66. The third-order valence-corrected chi connectivity index (χ3v) is 2.27. The molecule has 0 radical (unpaired) electrons. The number of fused-ring (bicyclic) bond motifs is 1. The first kappa shape index (κ1) is 11.6. The van der Waals surface area contributed by atoms with Gasteiger partial charge in [0.1, 0.15) is 0 Å². The van der Waals surface area contributed by atoms with Crippen molar-refractivity contribution in [1.82, 2.24) is 19.1 Å². The van der Waals surface area contributed by atoms with Crippen molar-refractivity contribution in [2.45, 2.75) is 5.16 Å². The number of hydrogen-bond acceptors (Lipinski definition) is 4. The summed E-state index contributed by atoms with van der Waals surface area (Å²) in [5, 5.41) is 0.279. The molecule has 14 heavy (non-hydrogen) atoms. The summed E-state index contributed by atoms with van der Waals surface area (Å²) in [6, 6.07) is 0. The van der Waals surface area contributed by atoms with Gasteiger partial charge in [-0.3, -0.25) is 4.79 Å². The minimum atomic E-state index is -0.199. The summed E-state index contributed by atoms with van der Waals surface area (Å²) in [4.78, 5) is 19.6. The topological polar surface area (TPSA) is 52.7 Å². The van der Waals surface area contributed by atoms with Gasteiger partial charge in [0.2, 0.25) is 0 Å². The average molecular weight is 218 g/mol.